The lowest BCUT2D eigenvalue weighted by molar-refractivity contribution is -0.757. The Balaban J connectivity index is 1.79. The van der Waals surface area contributed by atoms with Crippen molar-refractivity contribution in [1.82, 2.24) is 4.90 Å². The number of nitrogens with zero attached hydrogens (tertiary/aromatic N) is 2. The van der Waals surface area contributed by atoms with Crippen molar-refractivity contribution >= 4 is 0 Å². The third-order valence-electron chi connectivity index (χ3n) is 4.52. The van der Waals surface area contributed by atoms with Crippen molar-refractivity contribution in [3.05, 3.63) is 70.3 Å². The van der Waals surface area contributed by atoms with Gasteiger partial charge in [-0.3, -0.25) is 4.90 Å². The largest absolute Gasteiger partial charge is 0.345 e. The first kappa shape index (κ1) is 19.3. The molecule has 0 radical (unpaired) electrons. The maximum Gasteiger partial charge on any atom is 0.294 e. The van der Waals surface area contributed by atoms with E-state index >= 15 is 0 Å². The highest BCUT2D eigenvalue weighted by molar-refractivity contribution is 5.64. The summed E-state index contributed by atoms with van der Waals surface area (Å²) in [6, 6.07) is 18.3. The summed E-state index contributed by atoms with van der Waals surface area (Å²) in [5.74, 6) is -0.896. The average molecular weight is 372 g/mol. The highest BCUT2D eigenvalue weighted by atomic mass is 16.9. The Morgan fingerprint density at radius 2 is 1.93 bits per heavy atom. The third kappa shape index (κ3) is 5.03. The van der Waals surface area contributed by atoms with Crippen molar-refractivity contribution < 1.29 is 19.4 Å². The van der Waals surface area contributed by atoms with E-state index in [-0.39, 0.29) is 6.61 Å². The Bertz CT molecular complexity index is 755. The van der Waals surface area contributed by atoms with Gasteiger partial charge >= 0.3 is 0 Å². The summed E-state index contributed by atoms with van der Waals surface area (Å²) in [7, 11) is 2.03. The molecule has 7 nitrogen and oxygen atoms in total. The Kier molecular flexibility index (Phi) is 6.39. The van der Waals surface area contributed by atoms with E-state index in [9.17, 15) is 10.1 Å². The summed E-state index contributed by atoms with van der Waals surface area (Å²) >= 11 is 0. The van der Waals surface area contributed by atoms with E-state index in [1.807, 2.05) is 37.4 Å². The van der Waals surface area contributed by atoms with E-state index in [4.69, 9.17) is 9.47 Å². The molecule has 7 heteroatoms. The van der Waals surface area contributed by atoms with Crippen LogP contribution < -0.4 is 0 Å². The van der Waals surface area contributed by atoms with Gasteiger partial charge in [0.2, 0.25) is 5.79 Å². The molecule has 144 valence electrons. The number of morpholine rings is 1. The normalized spacial score (nSPS) is 20.3. The zero-order valence-electron chi connectivity index (χ0n) is 15.4. The van der Waals surface area contributed by atoms with E-state index in [0.29, 0.717) is 26.2 Å². The van der Waals surface area contributed by atoms with Crippen molar-refractivity contribution in [1.29, 1.82) is 0 Å². The minimum absolute atomic E-state index is 0.00295. The van der Waals surface area contributed by atoms with Crippen LogP contribution in [0.15, 0.2) is 54.6 Å². The van der Waals surface area contributed by atoms with Crippen LogP contribution in [0.1, 0.15) is 12.0 Å². The molecule has 1 atom stereocenters. The van der Waals surface area contributed by atoms with Crippen LogP contribution >= 0.6 is 0 Å². The van der Waals surface area contributed by atoms with Crippen molar-refractivity contribution in [2.24, 2.45) is 0 Å². The molecule has 2 aromatic rings. The highest BCUT2D eigenvalue weighted by Gasteiger charge is 2.38. The topological polar surface area (TPSA) is 74.1 Å². The van der Waals surface area contributed by atoms with Crippen LogP contribution in [0.3, 0.4) is 0 Å². The lowest BCUT2D eigenvalue weighted by Crippen LogP contribution is -2.50. The minimum Gasteiger partial charge on any atom is -0.345 e. The maximum absolute atomic E-state index is 10.3. The van der Waals surface area contributed by atoms with Gasteiger partial charge < -0.3 is 14.3 Å². The zero-order valence-corrected chi connectivity index (χ0v) is 15.4. The second-order valence-electron chi connectivity index (χ2n) is 6.54. The monoisotopic (exact) mass is 372 g/mol. The molecule has 0 saturated carbocycles. The van der Waals surface area contributed by atoms with Crippen LogP contribution in [0.2, 0.25) is 0 Å². The quantitative estimate of drug-likeness (QED) is 0.403. The third-order valence-corrected chi connectivity index (χ3v) is 4.52. The summed E-state index contributed by atoms with van der Waals surface area (Å²) in [4.78, 5) is 16.8. The number of ether oxygens (including phenoxy) is 2. The molecule has 1 aliphatic heterocycles. The van der Waals surface area contributed by atoms with Crippen molar-refractivity contribution in [2.75, 3.05) is 40.0 Å². The molecule has 0 bridgehead atoms. The molecule has 1 heterocycles. The molecular formula is C20H24N2O5. The number of benzene rings is 2. The van der Waals surface area contributed by atoms with Gasteiger partial charge in [-0.2, -0.15) is 0 Å². The van der Waals surface area contributed by atoms with Crippen LogP contribution in [-0.4, -0.2) is 49.9 Å². The predicted molar refractivity (Wildman–Crippen MR) is 101 cm³/mol. The second kappa shape index (κ2) is 8.94. The van der Waals surface area contributed by atoms with Crippen LogP contribution in [0.5, 0.6) is 0 Å². The van der Waals surface area contributed by atoms with Gasteiger partial charge in [0.25, 0.3) is 5.09 Å². The van der Waals surface area contributed by atoms with Gasteiger partial charge in [0.1, 0.15) is 0 Å². The molecule has 1 fully saturated rings. The van der Waals surface area contributed by atoms with Gasteiger partial charge in [-0.15, -0.1) is 10.1 Å². The average Bonchev–Trinajstić information content (AvgIpc) is 2.68. The van der Waals surface area contributed by atoms with Crippen molar-refractivity contribution in [3.63, 3.8) is 0 Å². The van der Waals surface area contributed by atoms with Crippen molar-refractivity contribution in [2.45, 2.75) is 12.2 Å². The summed E-state index contributed by atoms with van der Waals surface area (Å²) in [5, 5.41) is 9.49. The SMILES string of the molecule is CN1CCOC(OCCCO[N+](=O)[O-])(c2cccc(-c3ccccc3)c2)C1. The van der Waals surface area contributed by atoms with Gasteiger partial charge in [-0.1, -0.05) is 48.5 Å². The van der Waals surface area contributed by atoms with Crippen molar-refractivity contribution in [3.8, 4) is 11.1 Å². The Labute approximate surface area is 158 Å². The van der Waals surface area contributed by atoms with Crippen LogP contribution in [0.4, 0.5) is 0 Å². The van der Waals surface area contributed by atoms with Crippen LogP contribution in [-0.2, 0) is 20.1 Å². The molecule has 1 aliphatic rings. The number of rotatable bonds is 8. The number of hydrogen-bond acceptors (Lipinski definition) is 6. The molecular weight excluding hydrogens is 348 g/mol. The number of hydrogen-bond donors (Lipinski definition) is 0. The molecule has 0 spiro atoms. The lowest BCUT2D eigenvalue weighted by Gasteiger charge is -2.41. The standard InChI is InChI=1S/C20H24N2O5/c1-21-11-14-26-20(16-21,25-12-6-13-27-22(23)24)19-10-5-9-18(15-19)17-7-3-2-4-8-17/h2-5,7-10,15H,6,11-14,16H2,1H3. The van der Waals surface area contributed by atoms with Gasteiger partial charge in [-0.05, 0) is 30.7 Å². The molecule has 0 aromatic heterocycles. The smallest absolute Gasteiger partial charge is 0.294 e. The van der Waals surface area contributed by atoms with Gasteiger partial charge in [-0.25, -0.2) is 0 Å². The van der Waals surface area contributed by atoms with E-state index in [2.05, 4.69) is 34.0 Å². The second-order valence-corrected chi connectivity index (χ2v) is 6.54. The Morgan fingerprint density at radius 3 is 2.67 bits per heavy atom. The molecule has 0 N–H and O–H groups in total. The van der Waals surface area contributed by atoms with Crippen LogP contribution in [0, 0.1) is 10.1 Å². The molecule has 3 rings (SSSR count). The summed E-state index contributed by atoms with van der Waals surface area (Å²) in [6.45, 7) is 2.27. The van der Waals surface area contributed by atoms with E-state index in [1.54, 1.807) is 0 Å². The molecule has 0 amide bonds. The van der Waals surface area contributed by atoms with Crippen LogP contribution in [0.25, 0.3) is 11.1 Å². The summed E-state index contributed by atoms with van der Waals surface area (Å²) in [6.07, 6.45) is 0.411. The van der Waals surface area contributed by atoms with Gasteiger partial charge in [0.15, 0.2) is 0 Å². The fourth-order valence-corrected chi connectivity index (χ4v) is 3.19. The summed E-state index contributed by atoms with van der Waals surface area (Å²) < 4.78 is 12.2. The zero-order chi connectivity index (χ0) is 19.1. The Morgan fingerprint density at radius 1 is 1.15 bits per heavy atom. The minimum atomic E-state index is -0.896. The first-order chi connectivity index (χ1) is 13.1. The van der Waals surface area contributed by atoms with E-state index in [0.717, 1.165) is 23.2 Å². The fraction of sp³-hybridized carbons (Fsp3) is 0.400. The molecule has 1 unspecified atom stereocenters. The predicted octanol–water partition coefficient (Wildman–Crippen LogP) is 3.08. The first-order valence-corrected chi connectivity index (χ1v) is 8.99. The molecule has 2 aromatic carbocycles. The van der Waals surface area contributed by atoms with Gasteiger partial charge in [0.05, 0.1) is 26.4 Å². The Hall–Kier alpha value is -2.48. The fourth-order valence-electron chi connectivity index (χ4n) is 3.19. The maximum atomic E-state index is 10.3. The molecule has 27 heavy (non-hydrogen) atoms. The lowest BCUT2D eigenvalue weighted by atomic mass is 9.97. The molecule has 1 saturated heterocycles. The van der Waals surface area contributed by atoms with E-state index < -0.39 is 10.9 Å². The number of likely N-dealkylation sites (N-methyl/N-ethyl adjacent to an activating group) is 1. The highest BCUT2D eigenvalue weighted by Crippen LogP contribution is 2.33. The molecule has 0 aliphatic carbocycles. The van der Waals surface area contributed by atoms with E-state index in [1.165, 1.54) is 0 Å². The summed E-state index contributed by atoms with van der Waals surface area (Å²) in [5.41, 5.74) is 3.15. The van der Waals surface area contributed by atoms with Gasteiger partial charge in [0, 0.05) is 12.1 Å². The first-order valence-electron chi connectivity index (χ1n) is 8.99.